The molecule has 0 amide bonds. The average molecular weight is 290 g/mol. The maximum Gasteiger partial charge on any atom is 0.0669 e. The highest BCUT2D eigenvalue weighted by atomic mass is 15.1. The molecule has 1 atom stereocenters. The summed E-state index contributed by atoms with van der Waals surface area (Å²) in [5.74, 6) is 0. The van der Waals surface area contributed by atoms with E-state index in [1.54, 1.807) is 0 Å². The Morgan fingerprint density at radius 2 is 1.73 bits per heavy atom. The molecule has 0 spiro atoms. The van der Waals surface area contributed by atoms with Crippen LogP contribution in [-0.2, 0) is 6.42 Å². The van der Waals surface area contributed by atoms with Crippen molar-refractivity contribution < 1.29 is 0 Å². The zero-order valence-electron chi connectivity index (χ0n) is 13.2. The Morgan fingerprint density at radius 3 is 2.32 bits per heavy atom. The van der Waals surface area contributed by atoms with Crippen LogP contribution in [0.1, 0.15) is 29.2 Å². The Labute approximate surface area is 133 Å². The summed E-state index contributed by atoms with van der Waals surface area (Å²) in [7, 11) is 4.20. The molecule has 112 valence electrons. The molecule has 0 aliphatic rings. The van der Waals surface area contributed by atoms with Crippen molar-refractivity contribution in [2.24, 2.45) is 0 Å². The van der Waals surface area contributed by atoms with E-state index in [1.807, 2.05) is 6.07 Å². The maximum atomic E-state index is 8.74. The van der Waals surface area contributed by atoms with E-state index in [2.05, 4.69) is 85.7 Å². The maximum absolute atomic E-state index is 8.74. The van der Waals surface area contributed by atoms with Gasteiger partial charge in [-0.3, -0.25) is 0 Å². The molecule has 0 bridgehead atoms. The number of nitrogens with zero attached hydrogens (tertiary/aromatic N) is 2. The molecule has 0 N–H and O–H groups in total. The molecular formula is C20H22N2. The molecule has 0 aromatic heterocycles. The van der Waals surface area contributed by atoms with Gasteiger partial charge in [0.15, 0.2) is 0 Å². The van der Waals surface area contributed by atoms with E-state index in [1.165, 1.54) is 11.1 Å². The van der Waals surface area contributed by atoms with Gasteiger partial charge >= 0.3 is 0 Å². The SMILES string of the molecule is CN(C)C(CC=Cc1ccccc1)c1ccc(CC#N)cc1. The van der Waals surface area contributed by atoms with Gasteiger partial charge in [0.1, 0.15) is 0 Å². The Bertz CT molecular complexity index is 634. The third-order valence-electron chi connectivity index (χ3n) is 3.74. The number of hydrogen-bond donors (Lipinski definition) is 0. The summed E-state index contributed by atoms with van der Waals surface area (Å²) in [6, 6.07) is 21.3. The topological polar surface area (TPSA) is 27.0 Å². The molecule has 0 aliphatic carbocycles. The van der Waals surface area contributed by atoms with Gasteiger partial charge in [0.25, 0.3) is 0 Å². The first-order valence-corrected chi connectivity index (χ1v) is 7.54. The molecule has 2 nitrogen and oxygen atoms in total. The van der Waals surface area contributed by atoms with E-state index in [0.29, 0.717) is 12.5 Å². The summed E-state index contributed by atoms with van der Waals surface area (Å²) in [4.78, 5) is 2.23. The molecule has 1 unspecified atom stereocenters. The smallest absolute Gasteiger partial charge is 0.0669 e. The third kappa shape index (κ3) is 4.58. The Balaban J connectivity index is 2.07. The fourth-order valence-corrected chi connectivity index (χ4v) is 2.49. The molecule has 0 saturated carbocycles. The van der Waals surface area contributed by atoms with Crippen LogP contribution in [0.5, 0.6) is 0 Å². The minimum atomic E-state index is 0.344. The molecule has 22 heavy (non-hydrogen) atoms. The van der Waals surface area contributed by atoms with Gasteiger partial charge in [-0.2, -0.15) is 5.26 Å². The second-order valence-electron chi connectivity index (χ2n) is 5.60. The molecule has 0 saturated heterocycles. The van der Waals surface area contributed by atoms with Crippen LogP contribution in [0.25, 0.3) is 6.08 Å². The average Bonchev–Trinajstić information content (AvgIpc) is 2.54. The van der Waals surface area contributed by atoms with Crippen molar-refractivity contribution in [3.63, 3.8) is 0 Å². The van der Waals surface area contributed by atoms with Gasteiger partial charge in [-0.05, 0) is 37.2 Å². The summed E-state index contributed by atoms with van der Waals surface area (Å²) in [5, 5.41) is 8.74. The predicted molar refractivity (Wildman–Crippen MR) is 92.3 cm³/mol. The number of benzene rings is 2. The molecule has 2 aromatic rings. The van der Waals surface area contributed by atoms with E-state index in [-0.39, 0.29) is 0 Å². The molecule has 2 rings (SSSR count). The minimum absolute atomic E-state index is 0.344. The third-order valence-corrected chi connectivity index (χ3v) is 3.74. The van der Waals surface area contributed by atoms with Gasteiger partial charge in [-0.25, -0.2) is 0 Å². The summed E-state index contributed by atoms with van der Waals surface area (Å²) in [6.45, 7) is 0. The van der Waals surface area contributed by atoms with Crippen molar-refractivity contribution in [3.8, 4) is 6.07 Å². The zero-order chi connectivity index (χ0) is 15.8. The van der Waals surface area contributed by atoms with Crippen LogP contribution < -0.4 is 0 Å². The molecular weight excluding hydrogens is 268 g/mol. The standard InChI is InChI=1S/C20H22N2/c1-22(2)20(10-6-9-17-7-4-3-5-8-17)19-13-11-18(12-14-19)15-16-21/h3-9,11-14,20H,10,15H2,1-2H3. The van der Waals surface area contributed by atoms with Crippen molar-refractivity contribution in [1.29, 1.82) is 5.26 Å². The van der Waals surface area contributed by atoms with E-state index < -0.39 is 0 Å². The van der Waals surface area contributed by atoms with Crippen LogP contribution in [0.3, 0.4) is 0 Å². The van der Waals surface area contributed by atoms with Crippen LogP contribution in [0, 0.1) is 11.3 Å². The van der Waals surface area contributed by atoms with Crippen LogP contribution in [0.4, 0.5) is 0 Å². The summed E-state index contributed by atoms with van der Waals surface area (Å²) in [5.41, 5.74) is 3.58. The minimum Gasteiger partial charge on any atom is -0.302 e. The van der Waals surface area contributed by atoms with Gasteiger partial charge in [0, 0.05) is 6.04 Å². The number of rotatable bonds is 6. The molecule has 0 aliphatic heterocycles. The van der Waals surface area contributed by atoms with E-state index in [4.69, 9.17) is 5.26 Å². The largest absolute Gasteiger partial charge is 0.302 e. The van der Waals surface area contributed by atoms with E-state index in [9.17, 15) is 0 Å². The van der Waals surface area contributed by atoms with Crippen molar-refractivity contribution >= 4 is 6.08 Å². The Kier molecular flexibility index (Phi) is 5.94. The molecule has 0 fully saturated rings. The zero-order valence-corrected chi connectivity index (χ0v) is 13.2. The van der Waals surface area contributed by atoms with Gasteiger partial charge in [0.05, 0.1) is 12.5 Å². The first kappa shape index (κ1) is 16.0. The highest BCUT2D eigenvalue weighted by molar-refractivity contribution is 5.48. The summed E-state index contributed by atoms with van der Waals surface area (Å²) >= 11 is 0. The lowest BCUT2D eigenvalue weighted by molar-refractivity contribution is 0.301. The normalized spacial score (nSPS) is 12.5. The van der Waals surface area contributed by atoms with Crippen molar-refractivity contribution in [2.45, 2.75) is 18.9 Å². The lowest BCUT2D eigenvalue weighted by Crippen LogP contribution is -2.19. The van der Waals surface area contributed by atoms with Crippen LogP contribution in [-0.4, -0.2) is 19.0 Å². The summed E-state index contributed by atoms with van der Waals surface area (Å²) in [6.07, 6.45) is 5.82. The van der Waals surface area contributed by atoms with Crippen molar-refractivity contribution in [1.82, 2.24) is 4.90 Å². The second-order valence-corrected chi connectivity index (χ2v) is 5.60. The van der Waals surface area contributed by atoms with Gasteiger partial charge in [-0.15, -0.1) is 0 Å². The first-order chi connectivity index (χ1) is 10.7. The molecule has 0 radical (unpaired) electrons. The van der Waals surface area contributed by atoms with Crippen LogP contribution >= 0.6 is 0 Å². The lowest BCUT2D eigenvalue weighted by atomic mass is 10.00. The van der Waals surface area contributed by atoms with Crippen molar-refractivity contribution in [3.05, 3.63) is 77.4 Å². The Hall–Kier alpha value is -2.37. The van der Waals surface area contributed by atoms with Gasteiger partial charge < -0.3 is 4.90 Å². The number of hydrogen-bond acceptors (Lipinski definition) is 2. The molecule has 2 heteroatoms. The lowest BCUT2D eigenvalue weighted by Gasteiger charge is -2.23. The highest BCUT2D eigenvalue weighted by Gasteiger charge is 2.12. The Morgan fingerprint density at radius 1 is 1.05 bits per heavy atom. The fourth-order valence-electron chi connectivity index (χ4n) is 2.49. The van der Waals surface area contributed by atoms with Gasteiger partial charge in [-0.1, -0.05) is 66.7 Å². The van der Waals surface area contributed by atoms with E-state index in [0.717, 1.165) is 12.0 Å². The highest BCUT2D eigenvalue weighted by Crippen LogP contribution is 2.23. The number of nitriles is 1. The summed E-state index contributed by atoms with van der Waals surface area (Å²) < 4.78 is 0. The van der Waals surface area contributed by atoms with Crippen LogP contribution in [0.15, 0.2) is 60.7 Å². The quantitative estimate of drug-likeness (QED) is 0.785. The monoisotopic (exact) mass is 290 g/mol. The second kappa shape index (κ2) is 8.17. The van der Waals surface area contributed by atoms with E-state index >= 15 is 0 Å². The fraction of sp³-hybridized carbons (Fsp3) is 0.250. The first-order valence-electron chi connectivity index (χ1n) is 7.54. The predicted octanol–water partition coefficient (Wildman–Crippen LogP) is 4.46. The molecule has 2 aromatic carbocycles. The van der Waals surface area contributed by atoms with Crippen LogP contribution in [0.2, 0.25) is 0 Å². The van der Waals surface area contributed by atoms with Gasteiger partial charge in [0.2, 0.25) is 0 Å². The van der Waals surface area contributed by atoms with Crippen molar-refractivity contribution in [2.75, 3.05) is 14.1 Å². The molecule has 0 heterocycles.